The van der Waals surface area contributed by atoms with Crippen LogP contribution >= 0.6 is 0 Å². The highest BCUT2D eigenvalue weighted by molar-refractivity contribution is 5.49. The Labute approximate surface area is 122 Å². The van der Waals surface area contributed by atoms with Gasteiger partial charge in [0.25, 0.3) is 0 Å². The van der Waals surface area contributed by atoms with Gasteiger partial charge in [-0.2, -0.15) is 5.10 Å². The van der Waals surface area contributed by atoms with Crippen molar-refractivity contribution < 1.29 is 5.11 Å². The maximum absolute atomic E-state index is 9.41. The Kier molecular flexibility index (Phi) is 5.05. The monoisotopic (exact) mass is 280 g/mol. The Hall–Kier alpha value is -1.07. The average Bonchev–Trinajstić information content (AvgIpc) is 2.62. The summed E-state index contributed by atoms with van der Waals surface area (Å²) in [7, 11) is 4.14. The molecule has 1 heterocycles. The quantitative estimate of drug-likeness (QED) is 0.742. The summed E-state index contributed by atoms with van der Waals surface area (Å²) < 4.78 is 1.98. The SMILES string of the molecule is CCCNCc1c(C)nn(C)c1N(C)CC1CC(O)C1. The molecule has 1 aromatic rings. The first-order valence-electron chi connectivity index (χ1n) is 7.65. The second-order valence-electron chi connectivity index (χ2n) is 6.06. The summed E-state index contributed by atoms with van der Waals surface area (Å²) in [5.74, 6) is 1.81. The van der Waals surface area contributed by atoms with Gasteiger partial charge in [-0.3, -0.25) is 4.68 Å². The summed E-state index contributed by atoms with van der Waals surface area (Å²) >= 11 is 0. The molecule has 0 aliphatic heterocycles. The highest BCUT2D eigenvalue weighted by Crippen LogP contribution is 2.30. The molecule has 0 radical (unpaired) electrons. The van der Waals surface area contributed by atoms with E-state index in [1.807, 2.05) is 11.7 Å². The molecular formula is C15H28N4O. The van der Waals surface area contributed by atoms with Crippen LogP contribution in [-0.2, 0) is 13.6 Å². The molecule has 0 saturated heterocycles. The number of nitrogens with one attached hydrogen (secondary N) is 1. The highest BCUT2D eigenvalue weighted by Gasteiger charge is 2.29. The Balaban J connectivity index is 2.04. The lowest BCUT2D eigenvalue weighted by Gasteiger charge is -2.35. The Bertz CT molecular complexity index is 437. The van der Waals surface area contributed by atoms with Gasteiger partial charge >= 0.3 is 0 Å². The summed E-state index contributed by atoms with van der Waals surface area (Å²) in [6.07, 6.45) is 2.94. The van der Waals surface area contributed by atoms with Crippen LogP contribution in [0.3, 0.4) is 0 Å². The lowest BCUT2D eigenvalue weighted by Crippen LogP contribution is -2.38. The number of hydrogen-bond donors (Lipinski definition) is 2. The third-order valence-electron chi connectivity index (χ3n) is 4.15. The second-order valence-corrected chi connectivity index (χ2v) is 6.06. The molecule has 2 N–H and O–H groups in total. The topological polar surface area (TPSA) is 53.3 Å². The molecule has 20 heavy (non-hydrogen) atoms. The predicted octanol–water partition coefficient (Wildman–Crippen LogP) is 1.44. The van der Waals surface area contributed by atoms with Gasteiger partial charge in [-0.15, -0.1) is 0 Å². The summed E-state index contributed by atoms with van der Waals surface area (Å²) in [4.78, 5) is 2.29. The molecule has 0 bridgehead atoms. The molecule has 0 unspecified atom stereocenters. The zero-order chi connectivity index (χ0) is 14.7. The van der Waals surface area contributed by atoms with Crippen LogP contribution in [0.5, 0.6) is 0 Å². The van der Waals surface area contributed by atoms with Gasteiger partial charge < -0.3 is 15.3 Å². The second kappa shape index (κ2) is 6.59. The average molecular weight is 280 g/mol. The summed E-state index contributed by atoms with van der Waals surface area (Å²) in [6, 6.07) is 0. The number of nitrogens with zero attached hydrogens (tertiary/aromatic N) is 3. The van der Waals surface area contributed by atoms with Crippen molar-refractivity contribution in [2.24, 2.45) is 13.0 Å². The first-order chi connectivity index (χ1) is 9.52. The maximum Gasteiger partial charge on any atom is 0.131 e. The van der Waals surface area contributed by atoms with Gasteiger partial charge in [0.15, 0.2) is 0 Å². The zero-order valence-corrected chi connectivity index (χ0v) is 13.2. The minimum Gasteiger partial charge on any atom is -0.393 e. The fourth-order valence-corrected chi connectivity index (χ4v) is 3.09. The lowest BCUT2D eigenvalue weighted by atomic mass is 9.82. The maximum atomic E-state index is 9.41. The molecule has 5 heteroatoms. The molecule has 1 aliphatic carbocycles. The van der Waals surface area contributed by atoms with E-state index in [2.05, 4.69) is 36.2 Å². The molecule has 0 atom stereocenters. The minimum atomic E-state index is -0.0765. The number of hydrogen-bond acceptors (Lipinski definition) is 4. The van der Waals surface area contributed by atoms with E-state index < -0.39 is 0 Å². The van der Waals surface area contributed by atoms with Gasteiger partial charge in [-0.25, -0.2) is 0 Å². The number of anilines is 1. The third-order valence-corrected chi connectivity index (χ3v) is 4.15. The predicted molar refractivity (Wildman–Crippen MR) is 81.9 cm³/mol. The smallest absolute Gasteiger partial charge is 0.131 e. The van der Waals surface area contributed by atoms with Crippen LogP contribution in [0.15, 0.2) is 0 Å². The molecule has 0 amide bonds. The van der Waals surface area contributed by atoms with Crippen LogP contribution in [0.2, 0.25) is 0 Å². The molecule has 0 aromatic carbocycles. The molecule has 1 aliphatic rings. The number of rotatable bonds is 7. The van der Waals surface area contributed by atoms with E-state index >= 15 is 0 Å². The molecule has 2 rings (SSSR count). The Morgan fingerprint density at radius 2 is 2.15 bits per heavy atom. The molecule has 1 fully saturated rings. The standard InChI is InChI=1S/C15H28N4O/c1-5-6-16-9-14-11(2)17-19(4)15(14)18(3)10-12-7-13(20)8-12/h12-13,16,20H,5-10H2,1-4H3. The fourth-order valence-electron chi connectivity index (χ4n) is 3.09. The zero-order valence-electron chi connectivity index (χ0n) is 13.2. The first kappa shape index (κ1) is 15.3. The van der Waals surface area contributed by atoms with Crippen LogP contribution in [0.4, 0.5) is 5.82 Å². The van der Waals surface area contributed by atoms with Crippen LogP contribution in [0.25, 0.3) is 0 Å². The highest BCUT2D eigenvalue weighted by atomic mass is 16.3. The summed E-state index contributed by atoms with van der Waals surface area (Å²) in [5.41, 5.74) is 2.40. The van der Waals surface area contributed by atoms with Crippen molar-refractivity contribution in [1.29, 1.82) is 0 Å². The van der Waals surface area contributed by atoms with Crippen LogP contribution < -0.4 is 10.2 Å². The third kappa shape index (κ3) is 3.33. The number of aliphatic hydroxyl groups excluding tert-OH is 1. The summed E-state index contributed by atoms with van der Waals surface area (Å²) in [6.45, 7) is 7.16. The fraction of sp³-hybridized carbons (Fsp3) is 0.800. The van der Waals surface area contributed by atoms with E-state index in [4.69, 9.17) is 0 Å². The van der Waals surface area contributed by atoms with E-state index in [0.717, 1.165) is 44.6 Å². The van der Waals surface area contributed by atoms with E-state index in [1.54, 1.807) is 0 Å². The lowest BCUT2D eigenvalue weighted by molar-refractivity contribution is 0.0463. The van der Waals surface area contributed by atoms with Crippen molar-refractivity contribution in [3.05, 3.63) is 11.3 Å². The van der Waals surface area contributed by atoms with Gasteiger partial charge in [0.1, 0.15) is 5.82 Å². The minimum absolute atomic E-state index is 0.0765. The van der Waals surface area contributed by atoms with Crippen molar-refractivity contribution in [2.45, 2.75) is 45.8 Å². The van der Waals surface area contributed by atoms with Gasteiger partial charge in [0.05, 0.1) is 11.8 Å². The van der Waals surface area contributed by atoms with Crippen molar-refractivity contribution in [3.63, 3.8) is 0 Å². The number of aliphatic hydroxyl groups is 1. The van der Waals surface area contributed by atoms with E-state index in [0.29, 0.717) is 5.92 Å². The van der Waals surface area contributed by atoms with Gasteiger partial charge in [0.2, 0.25) is 0 Å². The van der Waals surface area contributed by atoms with Crippen molar-refractivity contribution in [1.82, 2.24) is 15.1 Å². The Morgan fingerprint density at radius 1 is 1.45 bits per heavy atom. The van der Waals surface area contributed by atoms with Crippen LogP contribution in [0.1, 0.15) is 37.4 Å². The molecule has 1 saturated carbocycles. The number of aromatic nitrogens is 2. The summed E-state index contributed by atoms with van der Waals surface area (Å²) in [5, 5.41) is 17.4. The van der Waals surface area contributed by atoms with Crippen molar-refractivity contribution >= 4 is 5.82 Å². The van der Waals surface area contributed by atoms with Crippen molar-refractivity contribution in [3.8, 4) is 0 Å². The van der Waals surface area contributed by atoms with E-state index in [9.17, 15) is 5.11 Å². The Morgan fingerprint density at radius 3 is 2.75 bits per heavy atom. The van der Waals surface area contributed by atoms with Gasteiger partial charge in [0, 0.05) is 32.7 Å². The molecule has 114 valence electrons. The van der Waals surface area contributed by atoms with Gasteiger partial charge in [-0.1, -0.05) is 6.92 Å². The van der Waals surface area contributed by atoms with E-state index in [1.165, 1.54) is 11.4 Å². The first-order valence-corrected chi connectivity index (χ1v) is 7.65. The molecular weight excluding hydrogens is 252 g/mol. The normalized spacial score (nSPS) is 21.9. The van der Waals surface area contributed by atoms with Crippen LogP contribution in [0, 0.1) is 12.8 Å². The van der Waals surface area contributed by atoms with Crippen molar-refractivity contribution in [2.75, 3.05) is 25.0 Å². The van der Waals surface area contributed by atoms with Crippen LogP contribution in [-0.4, -0.2) is 41.1 Å². The molecule has 5 nitrogen and oxygen atoms in total. The van der Waals surface area contributed by atoms with Gasteiger partial charge in [-0.05, 0) is 38.6 Å². The van der Waals surface area contributed by atoms with E-state index in [-0.39, 0.29) is 6.10 Å². The molecule has 0 spiro atoms. The number of aryl methyl sites for hydroxylation is 2. The largest absolute Gasteiger partial charge is 0.393 e. The molecule has 1 aromatic heterocycles.